The van der Waals surface area contributed by atoms with E-state index in [1.807, 2.05) is 6.08 Å². The van der Waals surface area contributed by atoms with Crippen LogP contribution in [0.25, 0.3) is 0 Å². The molecule has 4 nitrogen and oxygen atoms in total. The Morgan fingerprint density at radius 2 is 2.12 bits per heavy atom. The molecule has 1 unspecified atom stereocenters. The lowest BCUT2D eigenvalue weighted by molar-refractivity contribution is -0.119. The zero-order valence-corrected chi connectivity index (χ0v) is 17.4. The number of carbonyl (C=O) groups excluding carboxylic acids is 1. The molecular weight excluding hydrogens is 391 g/mol. The highest BCUT2D eigenvalue weighted by molar-refractivity contribution is 8.00. The number of nitrogens with zero attached hydrogens (tertiary/aromatic N) is 1. The average Bonchev–Trinajstić information content (AvgIpc) is 3.15. The van der Waals surface area contributed by atoms with Crippen molar-refractivity contribution in [1.82, 2.24) is 10.2 Å². The minimum Gasteiger partial charge on any atom is -0.374 e. The number of hydrogen-bond donors (Lipinski definition) is 1. The fraction of sp³-hybridized carbons (Fsp3) is 0.737. The second-order valence-electron chi connectivity index (χ2n) is 7.34. The van der Waals surface area contributed by atoms with Crippen LogP contribution in [0, 0.1) is 5.92 Å². The molecule has 0 radical (unpaired) electrons. The Balaban J connectivity index is 1.35. The normalized spacial score (nSPS) is 27.9. The summed E-state index contributed by atoms with van der Waals surface area (Å²) in [4.78, 5) is 14.5. The summed E-state index contributed by atoms with van der Waals surface area (Å²) in [5, 5.41) is 5.03. The van der Waals surface area contributed by atoms with Crippen molar-refractivity contribution in [3.63, 3.8) is 0 Å². The van der Waals surface area contributed by atoms with Crippen molar-refractivity contribution < 1.29 is 9.53 Å². The van der Waals surface area contributed by atoms with Gasteiger partial charge in [0.2, 0.25) is 5.91 Å². The van der Waals surface area contributed by atoms with Gasteiger partial charge in [-0.05, 0) is 25.2 Å². The predicted molar refractivity (Wildman–Crippen MR) is 110 cm³/mol. The van der Waals surface area contributed by atoms with Gasteiger partial charge in [0.1, 0.15) is 0 Å². The first-order valence-corrected chi connectivity index (χ1v) is 11.4. The molecule has 26 heavy (non-hydrogen) atoms. The monoisotopic (exact) mass is 418 g/mol. The van der Waals surface area contributed by atoms with Gasteiger partial charge in [0.05, 0.1) is 28.5 Å². The fourth-order valence-corrected chi connectivity index (χ4v) is 5.33. The number of hydrogen-bond acceptors (Lipinski definition) is 4. The number of ether oxygens (including phenoxy) is 1. The summed E-state index contributed by atoms with van der Waals surface area (Å²) >= 11 is 14.0. The largest absolute Gasteiger partial charge is 0.374 e. The van der Waals surface area contributed by atoms with E-state index in [0.717, 1.165) is 26.1 Å². The fourth-order valence-electron chi connectivity index (χ4n) is 3.76. The van der Waals surface area contributed by atoms with E-state index >= 15 is 0 Å². The Morgan fingerprint density at radius 3 is 2.88 bits per heavy atom. The van der Waals surface area contributed by atoms with Crippen molar-refractivity contribution in [2.45, 2.75) is 43.5 Å². The molecule has 0 spiro atoms. The minimum absolute atomic E-state index is 0.0614. The summed E-state index contributed by atoms with van der Waals surface area (Å²) in [6, 6.07) is 0. The summed E-state index contributed by atoms with van der Waals surface area (Å²) in [7, 11) is 0. The van der Waals surface area contributed by atoms with Gasteiger partial charge in [-0.25, -0.2) is 0 Å². The number of rotatable bonds is 7. The first-order chi connectivity index (χ1) is 12.6. The van der Waals surface area contributed by atoms with Crippen LogP contribution in [0.5, 0.6) is 0 Å². The van der Waals surface area contributed by atoms with Crippen molar-refractivity contribution in [2.75, 3.05) is 38.5 Å². The molecular formula is C19H28Cl2N2O2S. The van der Waals surface area contributed by atoms with E-state index in [9.17, 15) is 4.79 Å². The van der Waals surface area contributed by atoms with E-state index < -0.39 is 0 Å². The number of allylic oxidation sites excluding steroid dienone is 3. The van der Waals surface area contributed by atoms with Gasteiger partial charge >= 0.3 is 0 Å². The lowest BCUT2D eigenvalue weighted by atomic mass is 9.99. The summed E-state index contributed by atoms with van der Waals surface area (Å²) in [5.74, 6) is 1.09. The molecule has 3 aliphatic rings. The molecule has 2 fully saturated rings. The van der Waals surface area contributed by atoms with Gasteiger partial charge in [-0.15, -0.1) is 11.8 Å². The van der Waals surface area contributed by atoms with E-state index in [2.05, 4.69) is 16.3 Å². The van der Waals surface area contributed by atoms with Crippen LogP contribution < -0.4 is 5.32 Å². The van der Waals surface area contributed by atoms with Crippen LogP contribution in [0.15, 0.2) is 22.2 Å². The van der Waals surface area contributed by atoms with Crippen molar-refractivity contribution in [3.05, 3.63) is 22.2 Å². The van der Waals surface area contributed by atoms with Gasteiger partial charge in [-0.3, -0.25) is 9.69 Å². The van der Waals surface area contributed by atoms with Crippen molar-refractivity contribution in [3.8, 4) is 0 Å². The summed E-state index contributed by atoms with van der Waals surface area (Å²) in [5.41, 5.74) is 0. The number of amides is 1. The van der Waals surface area contributed by atoms with Gasteiger partial charge in [-0.1, -0.05) is 48.2 Å². The maximum absolute atomic E-state index is 12.1. The van der Waals surface area contributed by atoms with Crippen LogP contribution in [-0.4, -0.2) is 60.7 Å². The predicted octanol–water partition coefficient (Wildman–Crippen LogP) is 3.74. The molecule has 0 aromatic heterocycles. The van der Waals surface area contributed by atoms with Crippen LogP contribution in [0.2, 0.25) is 0 Å². The summed E-state index contributed by atoms with van der Waals surface area (Å²) in [6.07, 6.45) is 10.2. The van der Waals surface area contributed by atoms with E-state index in [1.54, 1.807) is 11.8 Å². The van der Waals surface area contributed by atoms with Gasteiger partial charge in [0.25, 0.3) is 0 Å². The van der Waals surface area contributed by atoms with Crippen molar-refractivity contribution in [1.29, 1.82) is 0 Å². The Labute approximate surface area is 170 Å². The Morgan fingerprint density at radius 1 is 1.31 bits per heavy atom. The second kappa shape index (κ2) is 10.4. The Kier molecular flexibility index (Phi) is 8.19. The van der Waals surface area contributed by atoms with Crippen LogP contribution in [0.1, 0.15) is 32.1 Å². The minimum atomic E-state index is 0.0614. The highest BCUT2D eigenvalue weighted by atomic mass is 35.5. The highest BCUT2D eigenvalue weighted by Gasteiger charge is 2.24. The lowest BCUT2D eigenvalue weighted by Gasteiger charge is -2.35. The highest BCUT2D eigenvalue weighted by Crippen LogP contribution is 2.30. The zero-order valence-electron chi connectivity index (χ0n) is 15.1. The zero-order chi connectivity index (χ0) is 18.4. The quantitative estimate of drug-likeness (QED) is 0.683. The van der Waals surface area contributed by atoms with E-state index in [-0.39, 0.29) is 12.0 Å². The Bertz CT molecular complexity index is 550. The number of thioether (sulfide) groups is 1. The van der Waals surface area contributed by atoms with Crippen LogP contribution >= 0.6 is 35.0 Å². The van der Waals surface area contributed by atoms with Crippen LogP contribution in [0.4, 0.5) is 0 Å². The molecule has 1 aliphatic heterocycles. The van der Waals surface area contributed by atoms with E-state index in [4.69, 9.17) is 27.9 Å². The third-order valence-corrected chi connectivity index (χ3v) is 7.36. The van der Waals surface area contributed by atoms with Crippen molar-refractivity contribution >= 4 is 40.9 Å². The van der Waals surface area contributed by atoms with Crippen molar-refractivity contribution in [2.24, 2.45) is 5.92 Å². The number of carbonyl (C=O) groups is 1. The molecule has 0 aromatic rings. The standard InChI is InChI=1S/C19H28Cl2N2O2S/c20-17-6-5-14(9-18(17)21)11-23-7-8-25-15(12-23)10-22-19(24)13-26-16-3-1-2-4-16/h6,9,14-16H,1-5,7-8,10-13H2,(H,22,24)/t14?,15-/m0/s1. The molecule has 1 N–H and O–H groups in total. The molecule has 146 valence electrons. The molecule has 1 heterocycles. The lowest BCUT2D eigenvalue weighted by Crippen LogP contribution is -2.48. The molecule has 2 aliphatic carbocycles. The maximum atomic E-state index is 12.1. The van der Waals surface area contributed by atoms with Crippen LogP contribution in [-0.2, 0) is 9.53 Å². The summed E-state index contributed by atoms with van der Waals surface area (Å²) < 4.78 is 5.83. The number of nitrogens with one attached hydrogen (secondary N) is 1. The van der Waals surface area contributed by atoms with Gasteiger partial charge in [-0.2, -0.15) is 0 Å². The first-order valence-electron chi connectivity index (χ1n) is 9.56. The molecule has 1 amide bonds. The molecule has 1 saturated heterocycles. The average molecular weight is 419 g/mol. The molecule has 0 bridgehead atoms. The Hall–Kier alpha value is -0.200. The summed E-state index contributed by atoms with van der Waals surface area (Å²) in [6.45, 7) is 4.00. The maximum Gasteiger partial charge on any atom is 0.230 e. The molecule has 1 saturated carbocycles. The number of morpholine rings is 1. The number of halogens is 2. The molecule has 0 aromatic carbocycles. The van der Waals surface area contributed by atoms with Crippen LogP contribution in [0.3, 0.4) is 0 Å². The third-order valence-electron chi connectivity index (χ3n) is 5.20. The van der Waals surface area contributed by atoms with E-state index in [1.165, 1.54) is 25.7 Å². The molecule has 3 rings (SSSR count). The first kappa shape index (κ1) is 20.5. The topological polar surface area (TPSA) is 41.6 Å². The van der Waals surface area contributed by atoms with Gasteiger partial charge in [0, 0.05) is 31.4 Å². The molecule has 7 heteroatoms. The molecule has 2 atom stereocenters. The van der Waals surface area contributed by atoms with E-state index in [0.29, 0.717) is 40.1 Å². The third kappa shape index (κ3) is 6.45. The smallest absolute Gasteiger partial charge is 0.230 e. The van der Waals surface area contributed by atoms with Gasteiger partial charge < -0.3 is 10.1 Å². The SMILES string of the molecule is O=C(CSC1CCCC1)NC[C@H]1CN(CC2C=C(Cl)C(Cl)=CC2)CCO1. The van der Waals surface area contributed by atoms with Gasteiger partial charge in [0.15, 0.2) is 0 Å². The second-order valence-corrected chi connectivity index (χ2v) is 9.44.